The summed E-state index contributed by atoms with van der Waals surface area (Å²) in [5, 5.41) is 11.1. The molecule has 1 saturated heterocycles. The molecule has 10 nitrogen and oxygen atoms in total. The van der Waals surface area contributed by atoms with Crippen LogP contribution in [0.1, 0.15) is 36.4 Å². The van der Waals surface area contributed by atoms with Crippen molar-refractivity contribution in [2.24, 2.45) is 0 Å². The molecule has 0 radical (unpaired) electrons. The third-order valence-electron chi connectivity index (χ3n) is 4.60. The highest BCUT2D eigenvalue weighted by atomic mass is 16.5. The van der Waals surface area contributed by atoms with Crippen LogP contribution >= 0.6 is 0 Å². The average Bonchev–Trinajstić information content (AvgIpc) is 3.47. The summed E-state index contributed by atoms with van der Waals surface area (Å²) >= 11 is 0. The molecule has 1 unspecified atom stereocenters. The zero-order chi connectivity index (χ0) is 19.3. The van der Waals surface area contributed by atoms with Crippen LogP contribution in [0.2, 0.25) is 0 Å². The highest BCUT2D eigenvalue weighted by molar-refractivity contribution is 5.77. The van der Waals surface area contributed by atoms with E-state index < -0.39 is 0 Å². The summed E-state index contributed by atoms with van der Waals surface area (Å²) < 4.78 is 18.0. The number of aryl methyl sites for hydroxylation is 2. The molecule has 0 aliphatic carbocycles. The van der Waals surface area contributed by atoms with Gasteiger partial charge in [-0.25, -0.2) is 9.67 Å². The number of nitrogens with zero attached hydrogens (tertiary/aromatic N) is 5. The molecular formula is C18H22N6O4. The summed E-state index contributed by atoms with van der Waals surface area (Å²) in [6.45, 7) is 1.33. The number of furan rings is 1. The number of hydrogen-bond acceptors (Lipinski definition) is 8. The molecule has 1 N–H and O–H groups in total. The third kappa shape index (κ3) is 4.11. The molecule has 3 aromatic heterocycles. The molecular weight excluding hydrogens is 364 g/mol. The maximum atomic E-state index is 11.7. The molecule has 1 fully saturated rings. The minimum atomic E-state index is -0.109. The van der Waals surface area contributed by atoms with Gasteiger partial charge in [0.1, 0.15) is 5.82 Å². The molecule has 1 aliphatic heterocycles. The van der Waals surface area contributed by atoms with E-state index in [1.807, 2.05) is 4.68 Å². The smallest absolute Gasteiger partial charge is 0.238 e. The van der Waals surface area contributed by atoms with Gasteiger partial charge in [-0.1, -0.05) is 5.16 Å². The lowest BCUT2D eigenvalue weighted by molar-refractivity contribution is -0.120. The Hall–Kier alpha value is -3.01. The van der Waals surface area contributed by atoms with Gasteiger partial charge in [0.25, 0.3) is 0 Å². The number of hydrogen-bond donors (Lipinski definition) is 1. The van der Waals surface area contributed by atoms with Crippen molar-refractivity contribution in [2.45, 2.75) is 38.1 Å². The van der Waals surface area contributed by atoms with Crippen molar-refractivity contribution in [3.05, 3.63) is 35.9 Å². The Bertz CT molecular complexity index is 911. The first kappa shape index (κ1) is 18.4. The van der Waals surface area contributed by atoms with E-state index in [2.05, 4.69) is 25.5 Å². The highest BCUT2D eigenvalue weighted by Crippen LogP contribution is 2.21. The van der Waals surface area contributed by atoms with Gasteiger partial charge in [-0.3, -0.25) is 4.79 Å². The summed E-state index contributed by atoms with van der Waals surface area (Å²) in [6, 6.07) is 3.73. The second kappa shape index (κ2) is 8.34. The normalized spacial score (nSPS) is 16.5. The van der Waals surface area contributed by atoms with E-state index in [0.29, 0.717) is 49.4 Å². The topological polar surface area (TPSA) is 121 Å². The van der Waals surface area contributed by atoms with Gasteiger partial charge in [-0.15, -0.1) is 0 Å². The molecule has 1 aliphatic rings. The molecule has 0 saturated carbocycles. The van der Waals surface area contributed by atoms with E-state index in [0.717, 1.165) is 18.7 Å². The molecule has 10 heteroatoms. The number of aromatic nitrogens is 5. The minimum Gasteiger partial charge on any atom is -0.461 e. The molecule has 148 valence electrons. The summed E-state index contributed by atoms with van der Waals surface area (Å²) in [6.07, 6.45) is 4.71. The fraction of sp³-hybridized carbons (Fsp3) is 0.500. The van der Waals surface area contributed by atoms with Gasteiger partial charge in [0, 0.05) is 26.5 Å². The maximum absolute atomic E-state index is 11.7. The van der Waals surface area contributed by atoms with Crippen molar-refractivity contribution in [3.8, 4) is 11.6 Å². The standard InChI is InChI=1S/C18H22N6O4/c1-19-16(25)10-14-20-15(24(22-14)12-7-9-26-11-12)5-2-6-17-21-18(23-28-17)13-4-3-8-27-13/h3-4,8,12H,2,5-7,9-11H2,1H3,(H,19,25). The van der Waals surface area contributed by atoms with Gasteiger partial charge < -0.3 is 19.0 Å². The van der Waals surface area contributed by atoms with Crippen LogP contribution in [0, 0.1) is 0 Å². The number of ether oxygens (including phenoxy) is 1. The molecule has 0 spiro atoms. The zero-order valence-corrected chi connectivity index (χ0v) is 15.6. The van der Waals surface area contributed by atoms with Crippen LogP contribution in [0.15, 0.2) is 27.3 Å². The van der Waals surface area contributed by atoms with Crippen molar-refractivity contribution < 1.29 is 18.5 Å². The van der Waals surface area contributed by atoms with Crippen LogP contribution in [-0.2, 0) is 28.8 Å². The summed E-state index contributed by atoms with van der Waals surface area (Å²) in [4.78, 5) is 20.6. The lowest BCUT2D eigenvalue weighted by atomic mass is 10.2. The Morgan fingerprint density at radius 3 is 3.04 bits per heavy atom. The van der Waals surface area contributed by atoms with Crippen LogP contribution in [-0.4, -0.2) is 51.1 Å². The third-order valence-corrected chi connectivity index (χ3v) is 4.60. The van der Waals surface area contributed by atoms with Gasteiger partial charge in [0.15, 0.2) is 11.6 Å². The fourth-order valence-corrected chi connectivity index (χ4v) is 3.15. The van der Waals surface area contributed by atoms with E-state index in [1.54, 1.807) is 25.4 Å². The largest absolute Gasteiger partial charge is 0.461 e. The second-order valence-corrected chi connectivity index (χ2v) is 6.60. The lowest BCUT2D eigenvalue weighted by Crippen LogP contribution is -2.21. The number of nitrogens with one attached hydrogen (secondary N) is 1. The quantitative estimate of drug-likeness (QED) is 0.616. The van der Waals surface area contributed by atoms with E-state index in [4.69, 9.17) is 13.7 Å². The number of amides is 1. The van der Waals surface area contributed by atoms with E-state index >= 15 is 0 Å². The molecule has 4 rings (SSSR count). The molecule has 4 heterocycles. The SMILES string of the molecule is CNC(=O)Cc1nc(CCCc2nc(-c3ccco3)no2)n(C2CCOC2)n1. The van der Waals surface area contributed by atoms with Crippen molar-refractivity contribution in [1.82, 2.24) is 30.2 Å². The van der Waals surface area contributed by atoms with Gasteiger partial charge in [0.05, 0.1) is 25.3 Å². The number of carbonyl (C=O) groups excluding carboxylic acids is 1. The Morgan fingerprint density at radius 2 is 2.29 bits per heavy atom. The molecule has 3 aromatic rings. The van der Waals surface area contributed by atoms with Gasteiger partial charge in [-0.2, -0.15) is 10.1 Å². The van der Waals surface area contributed by atoms with Crippen LogP contribution < -0.4 is 5.32 Å². The molecule has 1 amide bonds. The Balaban J connectivity index is 1.41. The van der Waals surface area contributed by atoms with Crippen LogP contribution in [0.25, 0.3) is 11.6 Å². The van der Waals surface area contributed by atoms with Crippen LogP contribution in [0.3, 0.4) is 0 Å². The van der Waals surface area contributed by atoms with Gasteiger partial charge >= 0.3 is 0 Å². The average molecular weight is 386 g/mol. The van der Waals surface area contributed by atoms with Crippen molar-refractivity contribution in [1.29, 1.82) is 0 Å². The van der Waals surface area contributed by atoms with E-state index in [9.17, 15) is 4.79 Å². The highest BCUT2D eigenvalue weighted by Gasteiger charge is 2.23. The predicted molar refractivity (Wildman–Crippen MR) is 96.3 cm³/mol. The first-order valence-electron chi connectivity index (χ1n) is 9.32. The Labute approximate surface area is 161 Å². The minimum absolute atomic E-state index is 0.109. The van der Waals surface area contributed by atoms with Crippen LogP contribution in [0.4, 0.5) is 0 Å². The Morgan fingerprint density at radius 1 is 1.36 bits per heavy atom. The number of rotatable bonds is 8. The predicted octanol–water partition coefficient (Wildman–Crippen LogP) is 1.35. The summed E-state index contributed by atoms with van der Waals surface area (Å²) in [5.74, 6) is 2.84. The summed E-state index contributed by atoms with van der Waals surface area (Å²) in [7, 11) is 1.60. The van der Waals surface area contributed by atoms with Crippen molar-refractivity contribution in [2.75, 3.05) is 20.3 Å². The van der Waals surface area contributed by atoms with Crippen molar-refractivity contribution in [3.63, 3.8) is 0 Å². The molecule has 28 heavy (non-hydrogen) atoms. The second-order valence-electron chi connectivity index (χ2n) is 6.60. The first-order valence-corrected chi connectivity index (χ1v) is 9.32. The monoisotopic (exact) mass is 386 g/mol. The maximum Gasteiger partial charge on any atom is 0.238 e. The van der Waals surface area contributed by atoms with Crippen LogP contribution in [0.5, 0.6) is 0 Å². The molecule has 0 bridgehead atoms. The van der Waals surface area contributed by atoms with Gasteiger partial charge in [-0.05, 0) is 25.0 Å². The first-order chi connectivity index (χ1) is 13.7. The molecule has 1 atom stereocenters. The van der Waals surface area contributed by atoms with E-state index in [1.165, 1.54) is 0 Å². The Kier molecular flexibility index (Phi) is 5.47. The number of likely N-dealkylation sites (N-methyl/N-ethyl adjacent to an activating group) is 1. The summed E-state index contributed by atoms with van der Waals surface area (Å²) in [5.41, 5.74) is 0. The fourth-order valence-electron chi connectivity index (χ4n) is 3.15. The van der Waals surface area contributed by atoms with E-state index in [-0.39, 0.29) is 18.4 Å². The lowest BCUT2D eigenvalue weighted by Gasteiger charge is -2.11. The molecule has 0 aromatic carbocycles. The zero-order valence-electron chi connectivity index (χ0n) is 15.6. The van der Waals surface area contributed by atoms with Gasteiger partial charge in [0.2, 0.25) is 17.6 Å². The van der Waals surface area contributed by atoms with Crippen molar-refractivity contribution >= 4 is 5.91 Å². The number of carbonyl (C=O) groups is 1.